The molecule has 0 fully saturated rings. The van der Waals surface area contributed by atoms with Gasteiger partial charge in [-0.05, 0) is 12.8 Å². The maximum absolute atomic E-state index is 12.5. The molecule has 0 rings (SSSR count). The zero-order valence-electron chi connectivity index (χ0n) is 31.7. The molecule has 9 heteroatoms. The van der Waals surface area contributed by atoms with Crippen molar-refractivity contribution in [2.75, 3.05) is 33.0 Å². The summed E-state index contributed by atoms with van der Waals surface area (Å²) >= 11 is 0. The Morgan fingerprint density at radius 2 is 0.917 bits per heavy atom. The zero-order chi connectivity index (χ0) is 35.2. The Balaban J connectivity index is 3.89. The van der Waals surface area contributed by atoms with Crippen LogP contribution in [-0.2, 0) is 27.9 Å². The smallest absolute Gasteiger partial charge is 0.457 e. The quantitative estimate of drug-likeness (QED) is 0.0367. The van der Waals surface area contributed by atoms with Crippen LogP contribution in [0.5, 0.6) is 0 Å². The predicted molar refractivity (Wildman–Crippen MR) is 201 cm³/mol. The van der Waals surface area contributed by atoms with E-state index in [1.807, 2.05) is 0 Å². The fourth-order valence-electron chi connectivity index (χ4n) is 6.00. The van der Waals surface area contributed by atoms with Crippen molar-refractivity contribution in [3.63, 3.8) is 0 Å². The van der Waals surface area contributed by atoms with Gasteiger partial charge in [-0.15, -0.1) is 0 Å². The minimum atomic E-state index is -4.26. The third kappa shape index (κ3) is 36.8. The van der Waals surface area contributed by atoms with Crippen molar-refractivity contribution in [2.24, 2.45) is 5.73 Å². The molecule has 3 N–H and O–H groups in total. The number of esters is 1. The first-order valence-corrected chi connectivity index (χ1v) is 22.0. The summed E-state index contributed by atoms with van der Waals surface area (Å²) in [7, 11) is -4.26. The minimum absolute atomic E-state index is 0.0905. The summed E-state index contributed by atoms with van der Waals surface area (Å²) in [6.45, 7) is 4.95. The molecule has 0 bridgehead atoms. The standard InChI is InChI=1S/C39H80NO7P/c1-3-5-7-9-11-13-14-15-16-17-18-19-20-21-22-23-25-27-29-31-34-44-36-38(37-46-48(42,43)45-35-33-40)47-39(41)32-30-28-26-24-12-10-8-6-4-2/h38H,3-37,40H2,1-2H3,(H,42,43). The largest absolute Gasteiger partial charge is 0.472 e. The number of unbranched alkanes of at least 4 members (excludes halogenated alkanes) is 27. The second-order valence-electron chi connectivity index (χ2n) is 13.9. The first kappa shape index (κ1) is 47.5. The molecule has 8 nitrogen and oxygen atoms in total. The number of phosphoric acid groups is 1. The van der Waals surface area contributed by atoms with E-state index in [-0.39, 0.29) is 32.3 Å². The van der Waals surface area contributed by atoms with Crippen LogP contribution in [0, 0.1) is 0 Å². The number of hydrogen-bond donors (Lipinski definition) is 2. The average molecular weight is 706 g/mol. The van der Waals surface area contributed by atoms with Gasteiger partial charge >= 0.3 is 13.8 Å². The summed E-state index contributed by atoms with van der Waals surface area (Å²) in [5.74, 6) is -0.329. The van der Waals surface area contributed by atoms with Gasteiger partial charge in [0.05, 0.1) is 19.8 Å². The highest BCUT2D eigenvalue weighted by Gasteiger charge is 2.25. The Kier molecular flexibility index (Phi) is 37.4. The van der Waals surface area contributed by atoms with Gasteiger partial charge in [-0.1, -0.05) is 187 Å². The lowest BCUT2D eigenvalue weighted by atomic mass is 10.0. The first-order chi connectivity index (χ1) is 23.4. The van der Waals surface area contributed by atoms with Gasteiger partial charge in [0.1, 0.15) is 6.10 Å². The maximum Gasteiger partial charge on any atom is 0.472 e. The van der Waals surface area contributed by atoms with Crippen LogP contribution in [-0.4, -0.2) is 49.9 Å². The van der Waals surface area contributed by atoms with Crippen molar-refractivity contribution >= 4 is 13.8 Å². The molecule has 0 aliphatic heterocycles. The zero-order valence-corrected chi connectivity index (χ0v) is 32.6. The lowest BCUT2D eigenvalue weighted by molar-refractivity contribution is -0.154. The molecule has 0 heterocycles. The Morgan fingerprint density at radius 3 is 1.31 bits per heavy atom. The molecule has 0 radical (unpaired) electrons. The molecular formula is C39H80NO7P. The van der Waals surface area contributed by atoms with Gasteiger partial charge in [0.15, 0.2) is 0 Å². The lowest BCUT2D eigenvalue weighted by Crippen LogP contribution is -2.28. The number of ether oxygens (including phenoxy) is 2. The van der Waals surface area contributed by atoms with Crippen LogP contribution in [0.15, 0.2) is 0 Å². The van der Waals surface area contributed by atoms with Gasteiger partial charge in [-0.3, -0.25) is 13.8 Å². The molecule has 0 spiro atoms. The van der Waals surface area contributed by atoms with E-state index in [1.165, 1.54) is 154 Å². The highest BCUT2D eigenvalue weighted by atomic mass is 31.2. The molecule has 0 aliphatic carbocycles. The van der Waals surface area contributed by atoms with E-state index in [4.69, 9.17) is 24.3 Å². The van der Waals surface area contributed by atoms with E-state index in [0.29, 0.717) is 13.0 Å². The van der Waals surface area contributed by atoms with E-state index in [9.17, 15) is 14.3 Å². The number of carbonyl (C=O) groups is 1. The van der Waals surface area contributed by atoms with Gasteiger partial charge in [0.2, 0.25) is 0 Å². The van der Waals surface area contributed by atoms with Gasteiger partial charge in [0.25, 0.3) is 0 Å². The van der Waals surface area contributed by atoms with E-state index < -0.39 is 13.9 Å². The predicted octanol–water partition coefficient (Wildman–Crippen LogP) is 11.7. The summed E-state index contributed by atoms with van der Waals surface area (Å²) in [6.07, 6.45) is 37.0. The van der Waals surface area contributed by atoms with Crippen LogP contribution < -0.4 is 5.73 Å². The Morgan fingerprint density at radius 1 is 0.542 bits per heavy atom. The van der Waals surface area contributed by atoms with Crippen LogP contribution >= 0.6 is 7.82 Å². The van der Waals surface area contributed by atoms with E-state index in [2.05, 4.69) is 13.8 Å². The monoisotopic (exact) mass is 706 g/mol. The molecule has 0 aliphatic rings. The fourth-order valence-corrected chi connectivity index (χ4v) is 6.76. The van der Waals surface area contributed by atoms with Gasteiger partial charge in [-0.2, -0.15) is 0 Å². The summed E-state index contributed by atoms with van der Waals surface area (Å²) in [4.78, 5) is 22.3. The van der Waals surface area contributed by atoms with E-state index >= 15 is 0 Å². The molecule has 0 aromatic heterocycles. The second kappa shape index (κ2) is 37.7. The number of carbonyl (C=O) groups excluding carboxylic acids is 1. The molecule has 0 aromatic carbocycles. The topological polar surface area (TPSA) is 117 Å². The van der Waals surface area contributed by atoms with Gasteiger partial charge in [0, 0.05) is 19.6 Å². The first-order valence-electron chi connectivity index (χ1n) is 20.5. The minimum Gasteiger partial charge on any atom is -0.457 e. The van der Waals surface area contributed by atoms with Crippen LogP contribution in [0.2, 0.25) is 0 Å². The number of phosphoric ester groups is 1. The average Bonchev–Trinajstić information content (AvgIpc) is 3.07. The van der Waals surface area contributed by atoms with E-state index in [1.54, 1.807) is 0 Å². The Labute approximate surface area is 297 Å². The summed E-state index contributed by atoms with van der Waals surface area (Å²) < 4.78 is 33.3. The fraction of sp³-hybridized carbons (Fsp3) is 0.974. The molecule has 0 aromatic rings. The molecule has 48 heavy (non-hydrogen) atoms. The molecule has 2 atom stereocenters. The number of rotatable bonds is 40. The van der Waals surface area contributed by atoms with Crippen LogP contribution in [0.3, 0.4) is 0 Å². The molecule has 0 amide bonds. The SMILES string of the molecule is CCCCCCCCCCCCCCCCCCCCCCOCC(COP(=O)(O)OCCN)OC(=O)CCCCCCCCCCC. The molecule has 0 saturated carbocycles. The van der Waals surface area contributed by atoms with Crippen molar-refractivity contribution in [1.82, 2.24) is 0 Å². The number of nitrogens with two attached hydrogens (primary N) is 1. The third-order valence-corrected chi connectivity index (χ3v) is 10.0. The van der Waals surface area contributed by atoms with Crippen LogP contribution in [0.1, 0.15) is 206 Å². The highest BCUT2D eigenvalue weighted by Crippen LogP contribution is 2.43. The lowest BCUT2D eigenvalue weighted by Gasteiger charge is -2.20. The summed E-state index contributed by atoms with van der Waals surface area (Å²) in [5, 5.41) is 0. The maximum atomic E-state index is 12.5. The Hall–Kier alpha value is -0.500. The number of hydrogen-bond acceptors (Lipinski definition) is 7. The molecule has 2 unspecified atom stereocenters. The van der Waals surface area contributed by atoms with Crippen LogP contribution in [0.25, 0.3) is 0 Å². The molecule has 0 saturated heterocycles. The normalized spacial score (nSPS) is 13.5. The van der Waals surface area contributed by atoms with Crippen molar-refractivity contribution < 1.29 is 32.8 Å². The third-order valence-electron chi connectivity index (χ3n) is 9.02. The Bertz CT molecular complexity index is 712. The molecular weight excluding hydrogens is 625 g/mol. The van der Waals surface area contributed by atoms with Crippen molar-refractivity contribution in [1.29, 1.82) is 0 Å². The summed E-state index contributed by atoms with van der Waals surface area (Å²) in [6, 6.07) is 0. The van der Waals surface area contributed by atoms with E-state index in [0.717, 1.165) is 32.1 Å². The van der Waals surface area contributed by atoms with Crippen LogP contribution in [0.4, 0.5) is 0 Å². The van der Waals surface area contributed by atoms with Crippen molar-refractivity contribution in [3.8, 4) is 0 Å². The van der Waals surface area contributed by atoms with Crippen molar-refractivity contribution in [3.05, 3.63) is 0 Å². The summed E-state index contributed by atoms with van der Waals surface area (Å²) in [5.41, 5.74) is 5.35. The van der Waals surface area contributed by atoms with Gasteiger partial charge in [-0.25, -0.2) is 4.57 Å². The highest BCUT2D eigenvalue weighted by molar-refractivity contribution is 7.47. The molecule has 288 valence electrons. The van der Waals surface area contributed by atoms with Gasteiger partial charge < -0.3 is 20.1 Å². The second-order valence-corrected chi connectivity index (χ2v) is 15.3. The van der Waals surface area contributed by atoms with Crippen molar-refractivity contribution in [2.45, 2.75) is 213 Å².